The van der Waals surface area contributed by atoms with E-state index in [0.717, 1.165) is 5.57 Å². The van der Waals surface area contributed by atoms with E-state index in [1.54, 1.807) is 4.90 Å². The quantitative estimate of drug-likeness (QED) is 0.244. The zero-order valence-corrected chi connectivity index (χ0v) is 17.8. The summed E-state index contributed by atoms with van der Waals surface area (Å²) in [6.07, 6.45) is -3.23. The maximum atomic E-state index is 11.7. The molecule has 0 aromatic rings. The lowest BCUT2D eigenvalue weighted by molar-refractivity contribution is -0.270. The van der Waals surface area contributed by atoms with Gasteiger partial charge in [-0.25, -0.2) is 0 Å². The van der Waals surface area contributed by atoms with Crippen LogP contribution in [0.15, 0.2) is 11.6 Å². The highest BCUT2D eigenvalue weighted by Gasteiger charge is 2.51. The minimum Gasteiger partial charge on any atom is -0.481 e. The largest absolute Gasteiger partial charge is 0.481 e. The van der Waals surface area contributed by atoms with Gasteiger partial charge in [0.25, 0.3) is 0 Å². The Labute approximate surface area is 181 Å². The van der Waals surface area contributed by atoms with Gasteiger partial charge in [0, 0.05) is 13.1 Å². The molecule has 3 rings (SSSR count). The molecule has 11 heteroatoms. The van der Waals surface area contributed by atoms with Crippen LogP contribution in [0.1, 0.15) is 26.7 Å². The molecule has 0 radical (unpaired) electrons. The number of guanidine groups is 1. The third-order valence-corrected chi connectivity index (χ3v) is 6.09. The molecule has 0 aliphatic carbocycles. The number of fused-ring (bicyclic) bond motifs is 1. The summed E-state index contributed by atoms with van der Waals surface area (Å²) in [6.45, 7) is 4.27. The number of carboxylic acid groups (broad SMARTS) is 1. The molecule has 3 heterocycles. The van der Waals surface area contributed by atoms with Gasteiger partial charge in [0.05, 0.1) is 37.3 Å². The number of β-amino-alcohol motifs (C(OH)–C–C–N with tert-alkyl or cyclic N) is 1. The molecule has 0 aromatic carbocycles. The van der Waals surface area contributed by atoms with Gasteiger partial charge in [0.2, 0.25) is 0 Å². The fourth-order valence-corrected chi connectivity index (χ4v) is 4.53. The van der Waals surface area contributed by atoms with Gasteiger partial charge in [-0.05, 0) is 26.7 Å². The molecule has 3 aliphatic heterocycles. The first-order chi connectivity index (χ1) is 14.6. The molecule has 0 bridgehead atoms. The van der Waals surface area contributed by atoms with E-state index in [-0.39, 0.29) is 44.2 Å². The maximum absolute atomic E-state index is 11.7. The van der Waals surface area contributed by atoms with Crippen molar-refractivity contribution >= 4 is 11.9 Å². The first-order valence-electron chi connectivity index (χ1n) is 10.5. The van der Waals surface area contributed by atoms with Crippen LogP contribution in [0.25, 0.3) is 0 Å². The topological polar surface area (TPSA) is 167 Å². The number of nitrogens with one attached hydrogen (secondary N) is 1. The number of aliphatic hydroxyl groups excluding tert-OH is 4. The minimum atomic E-state index is -1.39. The molecule has 3 fully saturated rings. The van der Waals surface area contributed by atoms with Crippen molar-refractivity contribution in [3.8, 4) is 0 Å². The van der Waals surface area contributed by atoms with Crippen LogP contribution in [-0.2, 0) is 14.3 Å². The van der Waals surface area contributed by atoms with Gasteiger partial charge in [0.1, 0.15) is 18.3 Å². The number of hydrogen-bond donors (Lipinski definition) is 6. The van der Waals surface area contributed by atoms with E-state index in [4.69, 9.17) is 14.9 Å². The highest BCUT2D eigenvalue weighted by atomic mass is 16.7. The second-order valence-electron chi connectivity index (χ2n) is 8.76. The van der Waals surface area contributed by atoms with Crippen molar-refractivity contribution in [2.24, 2.45) is 5.92 Å². The Bertz CT molecular complexity index is 700. The number of rotatable bonds is 8. The minimum absolute atomic E-state index is 0.0398. The summed E-state index contributed by atoms with van der Waals surface area (Å²) < 4.78 is 10.5. The number of aliphatic hydroxyl groups is 4. The summed E-state index contributed by atoms with van der Waals surface area (Å²) >= 11 is 0. The van der Waals surface area contributed by atoms with E-state index in [0.29, 0.717) is 13.0 Å². The summed E-state index contributed by atoms with van der Waals surface area (Å²) in [5.74, 6) is -1.24. The Hall–Kier alpha value is -1.76. The number of hydrogen-bond acceptors (Lipinski definition) is 8. The van der Waals surface area contributed by atoms with Gasteiger partial charge in [0.15, 0.2) is 12.2 Å². The van der Waals surface area contributed by atoms with E-state index in [2.05, 4.69) is 0 Å². The van der Waals surface area contributed by atoms with Crippen LogP contribution in [-0.4, -0.2) is 116 Å². The molecule has 0 spiro atoms. The predicted octanol–water partition coefficient (Wildman–Crippen LogP) is -1.45. The Morgan fingerprint density at radius 3 is 2.68 bits per heavy atom. The molecule has 176 valence electrons. The van der Waals surface area contributed by atoms with Crippen LogP contribution in [0.3, 0.4) is 0 Å². The molecular formula is C20H33N3O8. The SMILES string of the molecule is CC(C)=C[C@@H]1C[C@@H](C(=O)O)[C@@H]2CN(CC(O)CCO[C@H]3OC[C@@H](O)[C@H](O)[C@H]3O)C(=N)N12. The number of allylic oxidation sites excluding steroid dienone is 1. The summed E-state index contributed by atoms with van der Waals surface area (Å²) in [5.41, 5.74) is 1.06. The highest BCUT2D eigenvalue weighted by molar-refractivity contribution is 5.83. The monoisotopic (exact) mass is 443 g/mol. The molecule has 0 aromatic heterocycles. The second kappa shape index (κ2) is 9.80. The first-order valence-corrected chi connectivity index (χ1v) is 10.5. The molecule has 1 unspecified atom stereocenters. The number of ether oxygens (including phenoxy) is 2. The number of carboxylic acids is 1. The third kappa shape index (κ3) is 5.18. The fraction of sp³-hybridized carbons (Fsp3) is 0.800. The van der Waals surface area contributed by atoms with E-state index in [9.17, 15) is 30.3 Å². The van der Waals surface area contributed by atoms with Crippen molar-refractivity contribution < 1.29 is 39.8 Å². The number of carbonyl (C=O) groups is 1. The predicted molar refractivity (Wildman–Crippen MR) is 108 cm³/mol. The molecule has 3 saturated heterocycles. The summed E-state index contributed by atoms with van der Waals surface area (Å²) in [5, 5.41) is 57.5. The molecule has 6 N–H and O–H groups in total. The lowest BCUT2D eigenvalue weighted by atomic mass is 9.98. The Kier molecular flexibility index (Phi) is 7.55. The zero-order valence-electron chi connectivity index (χ0n) is 17.8. The molecule has 11 nitrogen and oxygen atoms in total. The zero-order chi connectivity index (χ0) is 22.9. The van der Waals surface area contributed by atoms with Crippen LogP contribution in [0, 0.1) is 11.3 Å². The van der Waals surface area contributed by atoms with Crippen LogP contribution < -0.4 is 0 Å². The summed E-state index contributed by atoms with van der Waals surface area (Å²) in [6, 6.07) is -0.464. The van der Waals surface area contributed by atoms with Crippen LogP contribution in [0.5, 0.6) is 0 Å². The number of aliphatic carboxylic acids is 1. The average molecular weight is 443 g/mol. The summed E-state index contributed by atoms with van der Waals surface area (Å²) in [7, 11) is 0. The van der Waals surface area contributed by atoms with E-state index < -0.39 is 42.6 Å². The van der Waals surface area contributed by atoms with Crippen LogP contribution >= 0.6 is 0 Å². The lowest BCUT2D eigenvalue weighted by Crippen LogP contribution is -2.53. The van der Waals surface area contributed by atoms with Crippen LogP contribution in [0.2, 0.25) is 0 Å². The van der Waals surface area contributed by atoms with Crippen molar-refractivity contribution in [2.45, 2.75) is 69.5 Å². The van der Waals surface area contributed by atoms with E-state index >= 15 is 0 Å². The van der Waals surface area contributed by atoms with Crippen LogP contribution in [0.4, 0.5) is 0 Å². The van der Waals surface area contributed by atoms with Crippen molar-refractivity contribution in [1.82, 2.24) is 9.80 Å². The van der Waals surface area contributed by atoms with Crippen molar-refractivity contribution in [3.05, 3.63) is 11.6 Å². The molecule has 31 heavy (non-hydrogen) atoms. The molecule has 0 amide bonds. The van der Waals surface area contributed by atoms with E-state index in [1.165, 1.54) is 0 Å². The molecule has 3 aliphatic rings. The maximum Gasteiger partial charge on any atom is 0.308 e. The smallest absolute Gasteiger partial charge is 0.308 e. The Morgan fingerprint density at radius 2 is 2.03 bits per heavy atom. The fourth-order valence-electron chi connectivity index (χ4n) is 4.53. The molecular weight excluding hydrogens is 410 g/mol. The van der Waals surface area contributed by atoms with Crippen molar-refractivity contribution in [1.29, 1.82) is 5.41 Å². The van der Waals surface area contributed by atoms with Crippen molar-refractivity contribution in [3.63, 3.8) is 0 Å². The van der Waals surface area contributed by atoms with Crippen molar-refractivity contribution in [2.75, 3.05) is 26.3 Å². The Balaban J connectivity index is 1.52. The van der Waals surface area contributed by atoms with Gasteiger partial charge in [-0.1, -0.05) is 11.6 Å². The number of nitrogens with zero attached hydrogens (tertiary/aromatic N) is 2. The lowest BCUT2D eigenvalue weighted by Gasteiger charge is -2.35. The third-order valence-electron chi connectivity index (χ3n) is 6.09. The average Bonchev–Trinajstić information content (AvgIpc) is 3.19. The van der Waals surface area contributed by atoms with Gasteiger partial charge in [-0.2, -0.15) is 0 Å². The summed E-state index contributed by atoms with van der Waals surface area (Å²) in [4.78, 5) is 15.2. The normalized spacial score (nSPS) is 36.5. The second-order valence-corrected chi connectivity index (χ2v) is 8.76. The van der Waals surface area contributed by atoms with Gasteiger partial charge < -0.3 is 44.8 Å². The van der Waals surface area contributed by atoms with Gasteiger partial charge in [-0.3, -0.25) is 10.2 Å². The van der Waals surface area contributed by atoms with E-state index in [1.807, 2.05) is 24.8 Å². The highest BCUT2D eigenvalue weighted by Crippen LogP contribution is 2.37. The molecule has 0 saturated carbocycles. The molecule has 8 atom stereocenters. The van der Waals surface area contributed by atoms with Gasteiger partial charge in [-0.15, -0.1) is 0 Å². The standard InChI is InChI=1S/C20H33N3O8/c1-10(2)5-11-6-13(18(28)29)14-8-22(20(21)23(11)14)7-12(24)3-4-30-19-17(27)16(26)15(25)9-31-19/h5,11-17,19,21,24-27H,3-4,6-9H2,1-2H3,(H,28,29)/t11-,12?,13-,14+,15-,16+,17-,19+/m1/s1. The Morgan fingerprint density at radius 1 is 1.32 bits per heavy atom. The first kappa shape index (κ1) is 23.9. The van der Waals surface area contributed by atoms with Gasteiger partial charge >= 0.3 is 5.97 Å².